The van der Waals surface area contributed by atoms with Crippen molar-refractivity contribution in [2.75, 3.05) is 0 Å². The Balaban J connectivity index is 1.84. The zero-order valence-electron chi connectivity index (χ0n) is 12.7. The van der Waals surface area contributed by atoms with Gasteiger partial charge in [0.25, 0.3) is 0 Å². The second-order valence-corrected chi connectivity index (χ2v) is 6.53. The minimum atomic E-state index is -0.135. The van der Waals surface area contributed by atoms with Crippen LogP contribution in [0.25, 0.3) is 0 Å². The third-order valence-corrected chi connectivity index (χ3v) is 4.22. The molecule has 0 radical (unpaired) electrons. The van der Waals surface area contributed by atoms with E-state index in [1.54, 1.807) is 11.3 Å². The van der Waals surface area contributed by atoms with E-state index in [1.807, 2.05) is 13.0 Å². The van der Waals surface area contributed by atoms with Gasteiger partial charge in [-0.15, -0.1) is 11.3 Å². The zero-order chi connectivity index (χ0) is 15.2. The average molecular weight is 306 g/mol. The highest BCUT2D eigenvalue weighted by atomic mass is 32.1. The van der Waals surface area contributed by atoms with Crippen molar-refractivity contribution in [3.63, 3.8) is 0 Å². The van der Waals surface area contributed by atoms with Crippen LogP contribution in [0.3, 0.4) is 0 Å². The summed E-state index contributed by atoms with van der Waals surface area (Å²) >= 11 is 1.74. The fourth-order valence-corrected chi connectivity index (χ4v) is 2.90. The van der Waals surface area contributed by atoms with Crippen molar-refractivity contribution in [3.8, 4) is 0 Å². The van der Waals surface area contributed by atoms with Crippen molar-refractivity contribution >= 4 is 17.2 Å². The quantitative estimate of drug-likeness (QED) is 0.826. The molecule has 0 aliphatic rings. The SMILES string of the molecule is Cc1nc(C(NC(=O)CCCc2cccs2)C(C)C)n[nH]1. The molecule has 0 bridgehead atoms. The normalized spacial score (nSPS) is 12.6. The summed E-state index contributed by atoms with van der Waals surface area (Å²) in [6.07, 6.45) is 2.35. The van der Waals surface area contributed by atoms with Crippen LogP contribution in [0, 0.1) is 12.8 Å². The van der Waals surface area contributed by atoms with Gasteiger partial charge in [-0.2, -0.15) is 5.10 Å². The Hall–Kier alpha value is -1.69. The van der Waals surface area contributed by atoms with Crippen LogP contribution in [0.2, 0.25) is 0 Å². The molecule has 2 aromatic heterocycles. The number of carbonyl (C=O) groups excluding carboxylic acids is 1. The number of thiophene rings is 1. The number of hydrogen-bond acceptors (Lipinski definition) is 4. The van der Waals surface area contributed by atoms with Gasteiger partial charge in [0.2, 0.25) is 5.91 Å². The Morgan fingerprint density at radius 3 is 2.86 bits per heavy atom. The average Bonchev–Trinajstić information content (AvgIpc) is 3.07. The van der Waals surface area contributed by atoms with Crippen molar-refractivity contribution in [2.45, 2.75) is 46.1 Å². The lowest BCUT2D eigenvalue weighted by Crippen LogP contribution is -2.32. The number of hydrogen-bond donors (Lipinski definition) is 2. The summed E-state index contributed by atoms with van der Waals surface area (Å²) in [7, 11) is 0. The molecule has 2 aromatic rings. The van der Waals surface area contributed by atoms with Gasteiger partial charge in [0.1, 0.15) is 5.82 Å². The largest absolute Gasteiger partial charge is 0.346 e. The Bertz CT molecular complexity index is 562. The minimum Gasteiger partial charge on any atom is -0.346 e. The molecule has 0 fully saturated rings. The van der Waals surface area contributed by atoms with E-state index >= 15 is 0 Å². The smallest absolute Gasteiger partial charge is 0.220 e. The molecule has 1 unspecified atom stereocenters. The monoisotopic (exact) mass is 306 g/mol. The van der Waals surface area contributed by atoms with Gasteiger partial charge < -0.3 is 5.32 Å². The molecule has 0 aliphatic carbocycles. The lowest BCUT2D eigenvalue weighted by molar-refractivity contribution is -0.122. The topological polar surface area (TPSA) is 70.7 Å². The third-order valence-electron chi connectivity index (χ3n) is 3.28. The van der Waals surface area contributed by atoms with Gasteiger partial charge in [-0.05, 0) is 37.1 Å². The van der Waals surface area contributed by atoms with Crippen LogP contribution in [0.5, 0.6) is 0 Å². The summed E-state index contributed by atoms with van der Waals surface area (Å²) in [5.41, 5.74) is 0. The number of aryl methyl sites for hydroxylation is 2. The second-order valence-electron chi connectivity index (χ2n) is 5.50. The molecule has 0 saturated heterocycles. The molecule has 1 atom stereocenters. The van der Waals surface area contributed by atoms with Crippen LogP contribution in [0.4, 0.5) is 0 Å². The molecule has 1 amide bonds. The van der Waals surface area contributed by atoms with Gasteiger partial charge in [-0.3, -0.25) is 9.89 Å². The highest BCUT2D eigenvalue weighted by Crippen LogP contribution is 2.18. The van der Waals surface area contributed by atoms with Gasteiger partial charge in [-0.1, -0.05) is 19.9 Å². The summed E-state index contributed by atoms with van der Waals surface area (Å²) in [5.74, 6) is 1.74. The number of aromatic nitrogens is 3. The van der Waals surface area contributed by atoms with E-state index in [4.69, 9.17) is 0 Å². The Morgan fingerprint density at radius 2 is 2.29 bits per heavy atom. The molecule has 0 saturated carbocycles. The number of H-pyrrole nitrogens is 1. The first-order valence-corrected chi connectivity index (χ1v) is 8.15. The third kappa shape index (κ3) is 4.67. The summed E-state index contributed by atoms with van der Waals surface area (Å²) in [5, 5.41) is 12.1. The van der Waals surface area contributed by atoms with Gasteiger partial charge >= 0.3 is 0 Å². The van der Waals surface area contributed by atoms with Crippen molar-refractivity contribution < 1.29 is 4.79 Å². The highest BCUT2D eigenvalue weighted by molar-refractivity contribution is 7.09. The maximum Gasteiger partial charge on any atom is 0.220 e. The minimum absolute atomic E-state index is 0.0627. The zero-order valence-corrected chi connectivity index (χ0v) is 13.5. The highest BCUT2D eigenvalue weighted by Gasteiger charge is 2.21. The predicted molar refractivity (Wildman–Crippen MR) is 84.1 cm³/mol. The standard InChI is InChI=1S/C15H22N4OS/c1-10(2)14(15-16-11(3)18-19-15)17-13(20)8-4-6-12-7-5-9-21-12/h5,7,9-10,14H,4,6,8H2,1-3H3,(H,17,20)(H,16,18,19). The number of rotatable bonds is 7. The van der Waals surface area contributed by atoms with E-state index in [1.165, 1.54) is 4.88 Å². The van der Waals surface area contributed by atoms with Crippen LogP contribution < -0.4 is 5.32 Å². The number of amides is 1. The molecular formula is C15H22N4OS. The van der Waals surface area contributed by atoms with Crippen LogP contribution in [-0.2, 0) is 11.2 Å². The van der Waals surface area contributed by atoms with Crippen LogP contribution in [-0.4, -0.2) is 21.1 Å². The summed E-state index contributed by atoms with van der Waals surface area (Å²) in [4.78, 5) is 17.7. The van der Waals surface area contributed by atoms with E-state index in [-0.39, 0.29) is 17.9 Å². The molecule has 6 heteroatoms. The summed E-state index contributed by atoms with van der Waals surface area (Å²) in [6, 6.07) is 4.01. The van der Waals surface area contributed by atoms with Crippen molar-refractivity contribution in [1.29, 1.82) is 0 Å². The Kier molecular flexibility index (Phi) is 5.50. The van der Waals surface area contributed by atoms with Crippen LogP contribution >= 0.6 is 11.3 Å². The summed E-state index contributed by atoms with van der Waals surface area (Å²) < 4.78 is 0. The molecule has 21 heavy (non-hydrogen) atoms. The van der Waals surface area contributed by atoms with E-state index in [9.17, 15) is 4.79 Å². The van der Waals surface area contributed by atoms with Crippen molar-refractivity contribution in [2.24, 2.45) is 5.92 Å². The van der Waals surface area contributed by atoms with Gasteiger partial charge in [0, 0.05) is 11.3 Å². The van der Waals surface area contributed by atoms with Gasteiger partial charge in [0.15, 0.2) is 5.82 Å². The first-order chi connectivity index (χ1) is 10.1. The molecular weight excluding hydrogens is 284 g/mol. The van der Waals surface area contributed by atoms with Crippen molar-refractivity contribution in [3.05, 3.63) is 34.0 Å². The number of carbonyl (C=O) groups is 1. The molecule has 0 spiro atoms. The van der Waals surface area contributed by atoms with Crippen LogP contribution in [0.1, 0.15) is 49.3 Å². The fourth-order valence-electron chi connectivity index (χ4n) is 2.15. The molecule has 2 heterocycles. The van der Waals surface area contributed by atoms with E-state index in [2.05, 4.69) is 45.8 Å². The molecule has 2 N–H and O–H groups in total. The number of nitrogens with zero attached hydrogens (tertiary/aromatic N) is 2. The molecule has 114 valence electrons. The van der Waals surface area contributed by atoms with Crippen molar-refractivity contribution in [1.82, 2.24) is 20.5 Å². The molecule has 0 aliphatic heterocycles. The lowest BCUT2D eigenvalue weighted by atomic mass is 10.0. The van der Waals surface area contributed by atoms with Gasteiger partial charge in [-0.25, -0.2) is 4.98 Å². The Labute approximate surface area is 129 Å². The number of aromatic amines is 1. The second kappa shape index (κ2) is 7.36. The first-order valence-electron chi connectivity index (χ1n) is 7.27. The van der Waals surface area contributed by atoms with Crippen LogP contribution in [0.15, 0.2) is 17.5 Å². The molecule has 0 aromatic carbocycles. The molecule has 2 rings (SSSR count). The van der Waals surface area contributed by atoms with E-state index in [0.717, 1.165) is 18.7 Å². The maximum absolute atomic E-state index is 12.1. The van der Waals surface area contributed by atoms with E-state index in [0.29, 0.717) is 12.2 Å². The Morgan fingerprint density at radius 1 is 1.48 bits per heavy atom. The fraction of sp³-hybridized carbons (Fsp3) is 0.533. The molecule has 5 nitrogen and oxygen atoms in total. The summed E-state index contributed by atoms with van der Waals surface area (Å²) in [6.45, 7) is 5.97. The lowest BCUT2D eigenvalue weighted by Gasteiger charge is -2.19. The number of nitrogens with one attached hydrogen (secondary N) is 2. The van der Waals surface area contributed by atoms with E-state index < -0.39 is 0 Å². The maximum atomic E-state index is 12.1. The predicted octanol–water partition coefficient (Wildman–Crippen LogP) is 3.01. The first kappa shape index (κ1) is 15.7. The van der Waals surface area contributed by atoms with Gasteiger partial charge in [0.05, 0.1) is 6.04 Å².